The van der Waals surface area contributed by atoms with Crippen LogP contribution in [0.3, 0.4) is 0 Å². The van der Waals surface area contributed by atoms with E-state index in [1.807, 2.05) is 6.92 Å². The average molecular weight is 110 g/mol. The predicted octanol–water partition coefficient (Wildman–Crippen LogP) is -0.360. The molecule has 0 N–H and O–H groups in total. The molecular weight excluding hydrogens is 107 g/mol. The zero-order valence-corrected chi connectivity index (χ0v) is 4.70. The fourth-order valence-electron chi connectivity index (χ4n) is 0.241. The van der Waals surface area contributed by atoms with Gasteiger partial charge in [0.1, 0.15) is 7.85 Å². The van der Waals surface area contributed by atoms with Crippen LogP contribution in [0.4, 0.5) is 0 Å². The molecule has 0 saturated carbocycles. The second kappa shape index (κ2) is 1.62. The Labute approximate surface area is 47.1 Å². The molecule has 1 rings (SSSR count). The van der Waals surface area contributed by atoms with E-state index in [9.17, 15) is 0 Å². The normalized spacial score (nSPS) is 9.29. The van der Waals surface area contributed by atoms with Gasteiger partial charge in [0.05, 0.1) is 5.69 Å². The first-order chi connectivity index (χ1) is 3.30. The molecule has 1 heterocycles. The molecule has 0 aliphatic rings. The number of nitrogens with zero attached hydrogens (tertiary/aromatic N) is 2. The first-order valence-electron chi connectivity index (χ1n) is 1.85. The van der Waals surface area contributed by atoms with Gasteiger partial charge in [0.15, 0.2) is 0 Å². The molecule has 0 saturated heterocycles. The Bertz CT molecular complexity index is 145. The molecule has 2 radical (unpaired) electrons. The lowest BCUT2D eigenvalue weighted by atomic mass is 10.1. The monoisotopic (exact) mass is 110 g/mol. The topological polar surface area (TPSA) is 25.8 Å². The smallest absolute Gasteiger partial charge is 0.133 e. The van der Waals surface area contributed by atoms with E-state index >= 15 is 0 Å². The highest BCUT2D eigenvalue weighted by Gasteiger charge is 1.90. The van der Waals surface area contributed by atoms with Gasteiger partial charge in [-0.2, -0.15) is 0 Å². The molecule has 0 aliphatic carbocycles. The van der Waals surface area contributed by atoms with Crippen LogP contribution in [-0.4, -0.2) is 17.4 Å². The maximum Gasteiger partial charge on any atom is 0.133 e. The van der Waals surface area contributed by atoms with Gasteiger partial charge in [-0.3, -0.25) is 0 Å². The van der Waals surface area contributed by atoms with Gasteiger partial charge in [-0.1, -0.05) is 4.49 Å². The van der Waals surface area contributed by atoms with Crippen molar-refractivity contribution in [3.8, 4) is 0 Å². The Morgan fingerprint density at radius 1 is 1.71 bits per heavy atom. The molecular formula is C3H3BN2S. The first kappa shape index (κ1) is 4.78. The van der Waals surface area contributed by atoms with E-state index in [0.717, 1.165) is 5.69 Å². The maximum absolute atomic E-state index is 5.33. The number of aryl methyl sites for hydroxylation is 1. The molecule has 0 unspecified atom stereocenters. The first-order valence-corrected chi connectivity index (χ1v) is 2.62. The summed E-state index contributed by atoms with van der Waals surface area (Å²) in [5, 5.41) is 3.66. The fourth-order valence-corrected chi connectivity index (χ4v) is 0.665. The van der Waals surface area contributed by atoms with E-state index in [0.29, 0.717) is 4.78 Å². The molecule has 0 bridgehead atoms. The third-order valence-corrected chi connectivity index (χ3v) is 1.34. The second-order valence-electron chi connectivity index (χ2n) is 1.22. The van der Waals surface area contributed by atoms with E-state index in [4.69, 9.17) is 7.85 Å². The van der Waals surface area contributed by atoms with Crippen molar-refractivity contribution >= 4 is 24.2 Å². The van der Waals surface area contributed by atoms with Crippen molar-refractivity contribution in [1.29, 1.82) is 0 Å². The van der Waals surface area contributed by atoms with E-state index in [2.05, 4.69) is 9.59 Å². The summed E-state index contributed by atoms with van der Waals surface area (Å²) in [5.74, 6) is 0. The molecule has 0 amide bonds. The number of hydrogen-bond donors (Lipinski definition) is 0. The molecule has 4 heteroatoms. The van der Waals surface area contributed by atoms with Crippen molar-refractivity contribution in [1.82, 2.24) is 9.59 Å². The lowest BCUT2D eigenvalue weighted by molar-refractivity contribution is 1.09. The van der Waals surface area contributed by atoms with Crippen LogP contribution in [0.2, 0.25) is 0 Å². The van der Waals surface area contributed by atoms with Crippen molar-refractivity contribution in [3.63, 3.8) is 0 Å². The highest BCUT2D eigenvalue weighted by Crippen LogP contribution is 1.85. The molecule has 0 atom stereocenters. The second-order valence-corrected chi connectivity index (χ2v) is 2.01. The molecule has 1 aromatic heterocycles. The standard InChI is InChI=1S/C3H3BN2S/c1-2-3(4)7-6-5-2/h1H3. The van der Waals surface area contributed by atoms with Crippen molar-refractivity contribution in [2.45, 2.75) is 6.92 Å². The molecule has 0 fully saturated rings. The predicted molar refractivity (Wildman–Crippen MR) is 30.0 cm³/mol. The minimum atomic E-state index is 0.708. The zero-order valence-electron chi connectivity index (χ0n) is 3.88. The van der Waals surface area contributed by atoms with Gasteiger partial charge in [-0.05, 0) is 23.2 Å². The quantitative estimate of drug-likeness (QED) is 0.426. The van der Waals surface area contributed by atoms with E-state index in [-0.39, 0.29) is 0 Å². The summed E-state index contributed by atoms with van der Waals surface area (Å²) in [6.45, 7) is 1.83. The molecule has 0 spiro atoms. The van der Waals surface area contributed by atoms with Gasteiger partial charge in [0.25, 0.3) is 0 Å². The number of aromatic nitrogens is 2. The SMILES string of the molecule is [B]c1snnc1C. The van der Waals surface area contributed by atoms with Crippen LogP contribution in [0, 0.1) is 6.92 Å². The van der Waals surface area contributed by atoms with Crippen LogP contribution >= 0.6 is 11.5 Å². The third kappa shape index (κ3) is 0.798. The van der Waals surface area contributed by atoms with Crippen LogP contribution in [0.5, 0.6) is 0 Å². The summed E-state index contributed by atoms with van der Waals surface area (Å²) < 4.78 is 4.30. The summed E-state index contributed by atoms with van der Waals surface area (Å²) in [5.41, 5.74) is 0.824. The molecule has 1 aromatic rings. The lowest BCUT2D eigenvalue weighted by Crippen LogP contribution is -1.97. The van der Waals surface area contributed by atoms with E-state index in [1.54, 1.807) is 0 Å². The van der Waals surface area contributed by atoms with E-state index in [1.165, 1.54) is 11.5 Å². The van der Waals surface area contributed by atoms with Gasteiger partial charge < -0.3 is 0 Å². The number of hydrogen-bond acceptors (Lipinski definition) is 3. The van der Waals surface area contributed by atoms with Crippen LogP contribution in [0.25, 0.3) is 0 Å². The molecule has 0 aromatic carbocycles. The van der Waals surface area contributed by atoms with Crippen molar-refractivity contribution in [2.24, 2.45) is 0 Å². The Kier molecular flexibility index (Phi) is 1.10. The zero-order chi connectivity index (χ0) is 5.28. The average Bonchev–Trinajstić information content (AvgIpc) is 1.91. The van der Waals surface area contributed by atoms with Crippen molar-refractivity contribution in [3.05, 3.63) is 5.69 Å². The maximum atomic E-state index is 5.33. The minimum absolute atomic E-state index is 0.708. The summed E-state index contributed by atoms with van der Waals surface area (Å²) in [4.78, 5) is 0. The van der Waals surface area contributed by atoms with Crippen LogP contribution < -0.4 is 4.78 Å². The molecule has 0 aliphatic heterocycles. The fraction of sp³-hybridized carbons (Fsp3) is 0.333. The van der Waals surface area contributed by atoms with Crippen LogP contribution in [0.15, 0.2) is 0 Å². The van der Waals surface area contributed by atoms with Gasteiger partial charge in [-0.15, -0.1) is 5.10 Å². The molecule has 7 heavy (non-hydrogen) atoms. The highest BCUT2D eigenvalue weighted by molar-refractivity contribution is 7.14. The van der Waals surface area contributed by atoms with Gasteiger partial charge in [-0.25, -0.2) is 0 Å². The van der Waals surface area contributed by atoms with Crippen molar-refractivity contribution in [2.75, 3.05) is 0 Å². The lowest BCUT2D eigenvalue weighted by Gasteiger charge is -1.74. The summed E-state index contributed by atoms with van der Waals surface area (Å²) in [6.07, 6.45) is 0. The Hall–Kier alpha value is -0.375. The van der Waals surface area contributed by atoms with E-state index < -0.39 is 0 Å². The van der Waals surface area contributed by atoms with Gasteiger partial charge in [0.2, 0.25) is 0 Å². The summed E-state index contributed by atoms with van der Waals surface area (Å²) in [6, 6.07) is 0. The Balaban J connectivity index is 3.12. The van der Waals surface area contributed by atoms with Gasteiger partial charge in [0, 0.05) is 0 Å². The third-order valence-electron chi connectivity index (χ3n) is 0.687. The Morgan fingerprint density at radius 3 is 2.57 bits per heavy atom. The highest BCUT2D eigenvalue weighted by atomic mass is 32.1. The molecule has 2 nitrogen and oxygen atoms in total. The summed E-state index contributed by atoms with van der Waals surface area (Å²) in [7, 11) is 5.33. The van der Waals surface area contributed by atoms with Crippen LogP contribution in [-0.2, 0) is 0 Å². The number of rotatable bonds is 0. The Morgan fingerprint density at radius 2 is 2.43 bits per heavy atom. The van der Waals surface area contributed by atoms with Crippen LogP contribution in [0.1, 0.15) is 5.69 Å². The summed E-state index contributed by atoms with van der Waals surface area (Å²) >= 11 is 1.22. The largest absolute Gasteiger partial charge is 0.144 e. The van der Waals surface area contributed by atoms with Gasteiger partial charge >= 0.3 is 0 Å². The minimum Gasteiger partial charge on any atom is -0.144 e. The van der Waals surface area contributed by atoms with Crippen molar-refractivity contribution < 1.29 is 0 Å². The molecule has 34 valence electrons.